The smallest absolute Gasteiger partial charge is 0.410 e. The Balaban J connectivity index is 2.04. The van der Waals surface area contributed by atoms with E-state index in [1.165, 1.54) is 0 Å². The molecular formula is C15H21NO3. The summed E-state index contributed by atoms with van der Waals surface area (Å²) in [6.07, 6.45) is 1.41. The first-order valence-corrected chi connectivity index (χ1v) is 6.73. The Morgan fingerprint density at radius 2 is 2.05 bits per heavy atom. The second kappa shape index (κ2) is 4.56. The molecule has 1 aliphatic carbocycles. The second-order valence-electron chi connectivity index (χ2n) is 6.45. The molecule has 1 amide bonds. The number of amides is 1. The first-order valence-electron chi connectivity index (χ1n) is 6.73. The van der Waals surface area contributed by atoms with Crippen LogP contribution in [-0.2, 0) is 9.53 Å². The molecule has 0 spiro atoms. The van der Waals surface area contributed by atoms with Crippen molar-refractivity contribution in [2.45, 2.75) is 46.1 Å². The predicted molar refractivity (Wildman–Crippen MR) is 71.4 cm³/mol. The molecule has 1 aliphatic heterocycles. The fraction of sp³-hybridized carbons (Fsp3) is 0.733. The molecule has 1 saturated heterocycles. The number of Topliss-reactive ketones (excluding diaryl/α,β-unsaturated/α-hetero) is 1. The van der Waals surface area contributed by atoms with Crippen molar-refractivity contribution in [1.29, 1.82) is 0 Å². The highest BCUT2D eigenvalue weighted by Gasteiger charge is 2.62. The number of hydrogen-bond donors (Lipinski definition) is 0. The van der Waals surface area contributed by atoms with Gasteiger partial charge in [0.15, 0.2) is 0 Å². The average molecular weight is 263 g/mol. The molecule has 0 aromatic heterocycles. The number of fused-ring (bicyclic) bond motifs is 1. The Morgan fingerprint density at radius 3 is 2.63 bits per heavy atom. The van der Waals surface area contributed by atoms with Crippen molar-refractivity contribution in [3.05, 3.63) is 0 Å². The van der Waals surface area contributed by atoms with Crippen molar-refractivity contribution in [1.82, 2.24) is 4.90 Å². The van der Waals surface area contributed by atoms with Gasteiger partial charge in [-0.25, -0.2) is 4.79 Å². The molecule has 2 rings (SSSR count). The van der Waals surface area contributed by atoms with Crippen molar-refractivity contribution in [3.8, 4) is 11.8 Å². The van der Waals surface area contributed by atoms with Crippen LogP contribution in [0.15, 0.2) is 0 Å². The lowest BCUT2D eigenvalue weighted by atomic mass is 9.93. The van der Waals surface area contributed by atoms with Gasteiger partial charge >= 0.3 is 6.09 Å². The Hall–Kier alpha value is -1.50. The first kappa shape index (κ1) is 13.9. The molecule has 0 bridgehead atoms. The van der Waals surface area contributed by atoms with Crippen LogP contribution in [0.5, 0.6) is 0 Å². The Bertz CT molecular complexity index is 466. The number of hydrogen-bond acceptors (Lipinski definition) is 3. The number of piperidine rings is 1. The zero-order valence-electron chi connectivity index (χ0n) is 12.1. The van der Waals surface area contributed by atoms with E-state index in [1.807, 2.05) is 20.8 Å². The molecule has 4 heteroatoms. The van der Waals surface area contributed by atoms with Gasteiger partial charge in [-0.1, -0.05) is 5.92 Å². The maximum Gasteiger partial charge on any atom is 0.410 e. The van der Waals surface area contributed by atoms with E-state index in [9.17, 15) is 9.59 Å². The van der Waals surface area contributed by atoms with Crippen LogP contribution in [0.25, 0.3) is 0 Å². The number of rotatable bonds is 1. The molecule has 2 fully saturated rings. The molecule has 0 aromatic carbocycles. The van der Waals surface area contributed by atoms with Crippen LogP contribution in [0.2, 0.25) is 0 Å². The monoisotopic (exact) mass is 263 g/mol. The van der Waals surface area contributed by atoms with Gasteiger partial charge in [0, 0.05) is 13.1 Å². The minimum atomic E-state index is -0.502. The normalized spacial score (nSPS) is 28.8. The van der Waals surface area contributed by atoms with Crippen LogP contribution >= 0.6 is 0 Å². The van der Waals surface area contributed by atoms with Crippen LogP contribution < -0.4 is 0 Å². The van der Waals surface area contributed by atoms with Gasteiger partial charge in [0.2, 0.25) is 5.78 Å². The number of ketones is 1. The molecule has 0 aromatic rings. The summed E-state index contributed by atoms with van der Waals surface area (Å²) in [5.41, 5.74) is -0.907. The summed E-state index contributed by atoms with van der Waals surface area (Å²) < 4.78 is 5.37. The lowest BCUT2D eigenvalue weighted by Gasteiger charge is -2.32. The number of carbonyl (C=O) groups is 2. The fourth-order valence-corrected chi connectivity index (χ4v) is 2.75. The largest absolute Gasteiger partial charge is 0.444 e. The quantitative estimate of drug-likeness (QED) is 0.538. The maximum atomic E-state index is 12.1. The third kappa shape index (κ3) is 2.75. The van der Waals surface area contributed by atoms with Crippen molar-refractivity contribution in [2.24, 2.45) is 11.3 Å². The van der Waals surface area contributed by atoms with Crippen molar-refractivity contribution < 1.29 is 14.3 Å². The molecule has 1 heterocycles. The zero-order chi connectivity index (χ0) is 14.3. The molecule has 19 heavy (non-hydrogen) atoms. The van der Waals surface area contributed by atoms with E-state index in [4.69, 9.17) is 4.74 Å². The van der Waals surface area contributed by atoms with Gasteiger partial charge in [-0.3, -0.25) is 4.79 Å². The van der Waals surface area contributed by atoms with Crippen LogP contribution in [-0.4, -0.2) is 35.5 Å². The van der Waals surface area contributed by atoms with E-state index in [1.54, 1.807) is 11.8 Å². The predicted octanol–water partition coefficient (Wildman–Crippen LogP) is 2.23. The van der Waals surface area contributed by atoms with Gasteiger partial charge in [0.1, 0.15) is 5.60 Å². The molecule has 0 radical (unpaired) electrons. The average Bonchev–Trinajstić information content (AvgIpc) is 3.01. The topological polar surface area (TPSA) is 46.6 Å². The zero-order valence-corrected chi connectivity index (χ0v) is 12.1. The first-order chi connectivity index (χ1) is 8.78. The summed E-state index contributed by atoms with van der Waals surface area (Å²) in [5.74, 6) is 5.68. The van der Waals surface area contributed by atoms with E-state index in [0.717, 1.165) is 12.8 Å². The van der Waals surface area contributed by atoms with Crippen LogP contribution in [0.4, 0.5) is 4.79 Å². The molecule has 2 aliphatic rings. The molecule has 2 atom stereocenters. The third-order valence-electron chi connectivity index (χ3n) is 3.79. The summed E-state index contributed by atoms with van der Waals surface area (Å²) in [6.45, 7) is 8.34. The van der Waals surface area contributed by atoms with Gasteiger partial charge in [-0.2, -0.15) is 0 Å². The molecule has 1 saturated carbocycles. The number of ether oxygens (including phenoxy) is 1. The summed E-state index contributed by atoms with van der Waals surface area (Å²) in [5, 5.41) is 0. The molecule has 0 N–H and O–H groups in total. The van der Waals surface area contributed by atoms with Gasteiger partial charge in [-0.05, 0) is 52.4 Å². The highest BCUT2D eigenvalue weighted by atomic mass is 16.6. The lowest BCUT2D eigenvalue weighted by Crippen LogP contribution is -2.45. The highest BCUT2D eigenvalue weighted by molar-refractivity contribution is 6.02. The van der Waals surface area contributed by atoms with Crippen LogP contribution in [0, 0.1) is 23.2 Å². The van der Waals surface area contributed by atoms with Crippen LogP contribution in [0.1, 0.15) is 40.5 Å². The highest BCUT2D eigenvalue weighted by Crippen LogP contribution is 2.58. The van der Waals surface area contributed by atoms with Gasteiger partial charge in [0.25, 0.3) is 0 Å². The SMILES string of the molecule is CC#CC(=O)C12CC1CCN(C(=O)OC(C)(C)C)C2. The Kier molecular flexibility index (Phi) is 3.34. The molecule has 104 valence electrons. The second-order valence-corrected chi connectivity index (χ2v) is 6.45. The minimum Gasteiger partial charge on any atom is -0.444 e. The van der Waals surface area contributed by atoms with Crippen molar-refractivity contribution in [3.63, 3.8) is 0 Å². The van der Waals surface area contributed by atoms with E-state index in [0.29, 0.717) is 19.0 Å². The van der Waals surface area contributed by atoms with E-state index >= 15 is 0 Å². The van der Waals surface area contributed by atoms with Gasteiger partial charge in [0.05, 0.1) is 5.41 Å². The Labute approximate surface area is 114 Å². The number of nitrogens with zero attached hydrogens (tertiary/aromatic N) is 1. The summed E-state index contributed by atoms with van der Waals surface area (Å²) in [7, 11) is 0. The standard InChI is InChI=1S/C15H21NO3/c1-5-6-12(17)15-9-11(15)7-8-16(10-15)13(18)19-14(2,3)4/h11H,7-10H2,1-4H3. The molecule has 2 unspecified atom stereocenters. The van der Waals surface area contributed by atoms with Crippen molar-refractivity contribution >= 4 is 11.9 Å². The number of likely N-dealkylation sites (tertiary alicyclic amines) is 1. The van der Waals surface area contributed by atoms with Gasteiger partial charge < -0.3 is 9.64 Å². The Morgan fingerprint density at radius 1 is 1.37 bits per heavy atom. The van der Waals surface area contributed by atoms with Crippen molar-refractivity contribution in [2.75, 3.05) is 13.1 Å². The molecular weight excluding hydrogens is 242 g/mol. The minimum absolute atomic E-state index is 0.0201. The summed E-state index contributed by atoms with van der Waals surface area (Å²) >= 11 is 0. The molecule has 4 nitrogen and oxygen atoms in total. The fourth-order valence-electron chi connectivity index (χ4n) is 2.75. The van der Waals surface area contributed by atoms with Crippen LogP contribution in [0.3, 0.4) is 0 Å². The summed E-state index contributed by atoms with van der Waals surface area (Å²) in [4.78, 5) is 25.8. The van der Waals surface area contributed by atoms with Gasteiger partial charge in [-0.15, -0.1) is 0 Å². The van der Waals surface area contributed by atoms with E-state index < -0.39 is 11.0 Å². The maximum absolute atomic E-state index is 12.1. The summed E-state index contributed by atoms with van der Waals surface area (Å²) in [6, 6.07) is 0. The van der Waals surface area contributed by atoms with E-state index in [-0.39, 0.29) is 11.9 Å². The third-order valence-corrected chi connectivity index (χ3v) is 3.79. The lowest BCUT2D eigenvalue weighted by molar-refractivity contribution is -0.120. The number of carbonyl (C=O) groups excluding carboxylic acids is 2. The van der Waals surface area contributed by atoms with E-state index in [2.05, 4.69) is 11.8 Å².